The molecule has 0 aliphatic rings. The standard InChI is InChI=1S/C12H16F3NO/c1-2-3-7-16-9-10-5-4-6-11(8-10)17-12(13,14)15/h4-6,8,16H,2-3,7,9H2,1H3. The molecule has 0 radical (unpaired) electrons. The molecule has 2 nitrogen and oxygen atoms in total. The molecule has 1 aromatic carbocycles. The Bertz CT molecular complexity index is 339. The van der Waals surface area contributed by atoms with Gasteiger partial charge in [-0.3, -0.25) is 0 Å². The molecule has 0 saturated heterocycles. The molecule has 17 heavy (non-hydrogen) atoms. The van der Waals surface area contributed by atoms with Gasteiger partial charge < -0.3 is 10.1 Å². The van der Waals surface area contributed by atoms with Gasteiger partial charge in [0.05, 0.1) is 0 Å². The van der Waals surface area contributed by atoms with Crippen LogP contribution in [0, 0.1) is 0 Å². The molecule has 0 aromatic heterocycles. The second-order valence-electron chi connectivity index (χ2n) is 3.73. The third kappa shape index (κ3) is 6.16. The van der Waals surface area contributed by atoms with Crippen molar-refractivity contribution in [2.45, 2.75) is 32.7 Å². The van der Waals surface area contributed by atoms with E-state index in [0.29, 0.717) is 6.54 Å². The van der Waals surface area contributed by atoms with E-state index >= 15 is 0 Å². The van der Waals surface area contributed by atoms with E-state index in [9.17, 15) is 13.2 Å². The topological polar surface area (TPSA) is 21.3 Å². The number of rotatable bonds is 6. The van der Waals surface area contributed by atoms with Gasteiger partial charge in [0.15, 0.2) is 0 Å². The van der Waals surface area contributed by atoms with Crippen molar-refractivity contribution < 1.29 is 17.9 Å². The Balaban J connectivity index is 2.48. The van der Waals surface area contributed by atoms with Gasteiger partial charge in [0, 0.05) is 6.54 Å². The molecule has 0 bridgehead atoms. The average Bonchev–Trinajstić information content (AvgIpc) is 2.23. The number of alkyl halides is 3. The fraction of sp³-hybridized carbons (Fsp3) is 0.500. The summed E-state index contributed by atoms with van der Waals surface area (Å²) in [5, 5.41) is 3.16. The monoisotopic (exact) mass is 247 g/mol. The zero-order valence-corrected chi connectivity index (χ0v) is 9.68. The van der Waals surface area contributed by atoms with Crippen molar-refractivity contribution in [3.05, 3.63) is 29.8 Å². The summed E-state index contributed by atoms with van der Waals surface area (Å²) in [6.07, 6.45) is -2.49. The molecule has 1 rings (SSSR count). The minimum absolute atomic E-state index is 0.174. The fourth-order valence-corrected chi connectivity index (χ4v) is 1.39. The van der Waals surface area contributed by atoms with Crippen molar-refractivity contribution in [2.75, 3.05) is 6.54 Å². The van der Waals surface area contributed by atoms with Crippen LogP contribution in [0.3, 0.4) is 0 Å². The summed E-state index contributed by atoms with van der Waals surface area (Å²) in [6.45, 7) is 3.50. The van der Waals surface area contributed by atoms with Crippen molar-refractivity contribution in [3.8, 4) is 5.75 Å². The Morgan fingerprint density at radius 2 is 2.06 bits per heavy atom. The summed E-state index contributed by atoms with van der Waals surface area (Å²) in [4.78, 5) is 0. The minimum Gasteiger partial charge on any atom is -0.406 e. The highest BCUT2D eigenvalue weighted by Crippen LogP contribution is 2.23. The lowest BCUT2D eigenvalue weighted by Crippen LogP contribution is -2.18. The molecule has 0 aliphatic carbocycles. The maximum atomic E-state index is 12.0. The van der Waals surface area contributed by atoms with Crippen LogP contribution in [0.2, 0.25) is 0 Å². The highest BCUT2D eigenvalue weighted by atomic mass is 19.4. The predicted molar refractivity (Wildman–Crippen MR) is 59.7 cm³/mol. The molecule has 0 atom stereocenters. The Morgan fingerprint density at radius 1 is 1.29 bits per heavy atom. The quantitative estimate of drug-likeness (QED) is 0.777. The van der Waals surface area contributed by atoms with Gasteiger partial charge in [-0.15, -0.1) is 13.2 Å². The first-order chi connectivity index (χ1) is 8.01. The number of nitrogens with one attached hydrogen (secondary N) is 1. The molecule has 5 heteroatoms. The van der Waals surface area contributed by atoms with E-state index in [1.165, 1.54) is 12.1 Å². The van der Waals surface area contributed by atoms with Crippen LogP contribution in [0.5, 0.6) is 5.75 Å². The van der Waals surface area contributed by atoms with Crippen molar-refractivity contribution in [3.63, 3.8) is 0 Å². The van der Waals surface area contributed by atoms with Crippen LogP contribution >= 0.6 is 0 Å². The number of benzene rings is 1. The zero-order valence-electron chi connectivity index (χ0n) is 9.68. The third-order valence-electron chi connectivity index (χ3n) is 2.17. The molecule has 1 aromatic rings. The van der Waals surface area contributed by atoms with Crippen LogP contribution in [-0.4, -0.2) is 12.9 Å². The van der Waals surface area contributed by atoms with Gasteiger partial charge in [-0.25, -0.2) is 0 Å². The first-order valence-electron chi connectivity index (χ1n) is 5.56. The summed E-state index contributed by atoms with van der Waals surface area (Å²) in [6, 6.07) is 6.01. The van der Waals surface area contributed by atoms with E-state index in [1.54, 1.807) is 12.1 Å². The molecule has 0 saturated carbocycles. The van der Waals surface area contributed by atoms with Gasteiger partial charge in [-0.1, -0.05) is 25.5 Å². The molecule has 1 N–H and O–H groups in total. The van der Waals surface area contributed by atoms with Crippen LogP contribution in [0.1, 0.15) is 25.3 Å². The smallest absolute Gasteiger partial charge is 0.406 e. The Morgan fingerprint density at radius 3 is 2.71 bits per heavy atom. The average molecular weight is 247 g/mol. The number of ether oxygens (including phenoxy) is 1. The van der Waals surface area contributed by atoms with E-state index in [4.69, 9.17) is 0 Å². The third-order valence-corrected chi connectivity index (χ3v) is 2.17. The van der Waals surface area contributed by atoms with E-state index in [-0.39, 0.29) is 5.75 Å². The molecule has 0 fully saturated rings. The first kappa shape index (κ1) is 13.8. The van der Waals surface area contributed by atoms with Gasteiger partial charge >= 0.3 is 6.36 Å². The van der Waals surface area contributed by atoms with E-state index in [0.717, 1.165) is 24.9 Å². The zero-order chi connectivity index (χ0) is 12.7. The summed E-state index contributed by atoms with van der Waals surface area (Å²) >= 11 is 0. The van der Waals surface area contributed by atoms with Crippen molar-refractivity contribution in [1.82, 2.24) is 5.32 Å². The summed E-state index contributed by atoms with van der Waals surface area (Å²) in [5.41, 5.74) is 0.780. The fourth-order valence-electron chi connectivity index (χ4n) is 1.39. The van der Waals surface area contributed by atoms with Crippen LogP contribution in [0.15, 0.2) is 24.3 Å². The Kier molecular flexibility index (Phi) is 5.28. The SMILES string of the molecule is CCCCNCc1cccc(OC(F)(F)F)c1. The number of hydrogen-bond acceptors (Lipinski definition) is 2. The van der Waals surface area contributed by atoms with Gasteiger partial charge in [-0.05, 0) is 30.7 Å². The predicted octanol–water partition coefficient (Wildman–Crippen LogP) is 3.47. The largest absolute Gasteiger partial charge is 0.573 e. The Labute approximate surface area is 98.8 Å². The summed E-state index contributed by atoms with van der Waals surface area (Å²) < 4.78 is 39.8. The van der Waals surface area contributed by atoms with Gasteiger partial charge in [-0.2, -0.15) is 0 Å². The first-order valence-corrected chi connectivity index (χ1v) is 5.56. The van der Waals surface area contributed by atoms with Gasteiger partial charge in [0.1, 0.15) is 5.75 Å². The second-order valence-corrected chi connectivity index (χ2v) is 3.73. The number of unbranched alkanes of at least 4 members (excludes halogenated alkanes) is 1. The van der Waals surface area contributed by atoms with Crippen LogP contribution in [-0.2, 0) is 6.54 Å². The van der Waals surface area contributed by atoms with Gasteiger partial charge in [0.2, 0.25) is 0 Å². The van der Waals surface area contributed by atoms with E-state index in [2.05, 4.69) is 17.0 Å². The lowest BCUT2D eigenvalue weighted by molar-refractivity contribution is -0.274. The molecule has 0 amide bonds. The second kappa shape index (κ2) is 6.49. The van der Waals surface area contributed by atoms with Crippen LogP contribution in [0.25, 0.3) is 0 Å². The maximum Gasteiger partial charge on any atom is 0.573 e. The molecule has 0 aliphatic heterocycles. The molecular formula is C12H16F3NO. The van der Waals surface area contributed by atoms with E-state index in [1.807, 2.05) is 0 Å². The van der Waals surface area contributed by atoms with Crippen molar-refractivity contribution >= 4 is 0 Å². The van der Waals surface area contributed by atoms with E-state index < -0.39 is 6.36 Å². The number of halogens is 3. The highest BCUT2D eigenvalue weighted by Gasteiger charge is 2.30. The normalized spacial score (nSPS) is 11.5. The minimum atomic E-state index is -4.63. The molecule has 96 valence electrons. The van der Waals surface area contributed by atoms with Gasteiger partial charge in [0.25, 0.3) is 0 Å². The lowest BCUT2D eigenvalue weighted by Gasteiger charge is -2.10. The molecule has 0 unspecified atom stereocenters. The van der Waals surface area contributed by atoms with Crippen molar-refractivity contribution in [2.24, 2.45) is 0 Å². The summed E-state index contributed by atoms with van der Waals surface area (Å²) in [7, 11) is 0. The Hall–Kier alpha value is -1.23. The molecular weight excluding hydrogens is 231 g/mol. The number of hydrogen-bond donors (Lipinski definition) is 1. The van der Waals surface area contributed by atoms with Crippen molar-refractivity contribution in [1.29, 1.82) is 0 Å². The molecule has 0 spiro atoms. The highest BCUT2D eigenvalue weighted by molar-refractivity contribution is 5.28. The summed E-state index contributed by atoms with van der Waals surface area (Å²) in [5.74, 6) is -0.174. The molecule has 0 heterocycles. The van der Waals surface area contributed by atoms with Crippen LogP contribution < -0.4 is 10.1 Å². The maximum absolute atomic E-state index is 12.0. The lowest BCUT2D eigenvalue weighted by atomic mass is 10.2. The van der Waals surface area contributed by atoms with Crippen LogP contribution in [0.4, 0.5) is 13.2 Å².